The van der Waals surface area contributed by atoms with Gasteiger partial charge in [0.2, 0.25) is 0 Å². The number of aromatic nitrogens is 1. The van der Waals surface area contributed by atoms with Crippen molar-refractivity contribution < 1.29 is 4.42 Å². The molecule has 112 valence electrons. The lowest BCUT2D eigenvalue weighted by Gasteiger charge is -2.20. The van der Waals surface area contributed by atoms with E-state index in [4.69, 9.17) is 4.42 Å². The monoisotopic (exact) mass is 285 g/mol. The van der Waals surface area contributed by atoms with Gasteiger partial charge in [-0.15, -0.1) is 0 Å². The average molecular weight is 285 g/mol. The van der Waals surface area contributed by atoms with E-state index in [1.54, 1.807) is 6.26 Å². The Kier molecular flexibility index (Phi) is 4.68. The molecule has 3 rings (SSSR count). The molecule has 2 aromatic heterocycles. The number of furan rings is 1. The summed E-state index contributed by atoms with van der Waals surface area (Å²) in [6.07, 6.45) is 8.12. The SMILES string of the molecule is CCN(Cc1ccncc1)Cc1ccoc1CNC1CC1. The highest BCUT2D eigenvalue weighted by atomic mass is 16.3. The molecule has 0 aliphatic heterocycles. The zero-order chi connectivity index (χ0) is 14.5. The van der Waals surface area contributed by atoms with Crippen LogP contribution in [0.25, 0.3) is 0 Å². The number of nitrogens with zero attached hydrogens (tertiary/aromatic N) is 2. The van der Waals surface area contributed by atoms with Crippen molar-refractivity contribution in [1.82, 2.24) is 15.2 Å². The summed E-state index contributed by atoms with van der Waals surface area (Å²) in [6, 6.07) is 6.96. The first-order valence-corrected chi connectivity index (χ1v) is 7.75. The Balaban J connectivity index is 1.59. The van der Waals surface area contributed by atoms with Crippen molar-refractivity contribution in [2.75, 3.05) is 6.54 Å². The molecule has 2 aromatic rings. The van der Waals surface area contributed by atoms with Gasteiger partial charge in [-0.3, -0.25) is 9.88 Å². The third kappa shape index (κ3) is 4.16. The van der Waals surface area contributed by atoms with Crippen LogP contribution in [0.15, 0.2) is 41.3 Å². The van der Waals surface area contributed by atoms with E-state index in [1.807, 2.05) is 12.4 Å². The van der Waals surface area contributed by atoms with Crippen LogP contribution in [0.1, 0.15) is 36.7 Å². The van der Waals surface area contributed by atoms with Crippen LogP contribution < -0.4 is 5.32 Å². The van der Waals surface area contributed by atoms with Gasteiger partial charge >= 0.3 is 0 Å². The number of hydrogen-bond acceptors (Lipinski definition) is 4. The molecule has 0 atom stereocenters. The van der Waals surface area contributed by atoms with Gasteiger partial charge in [0, 0.05) is 37.1 Å². The molecule has 4 heteroatoms. The van der Waals surface area contributed by atoms with Gasteiger partial charge in [-0.25, -0.2) is 0 Å². The first-order valence-electron chi connectivity index (χ1n) is 7.75. The summed E-state index contributed by atoms with van der Waals surface area (Å²) in [5.41, 5.74) is 2.59. The third-order valence-electron chi connectivity index (χ3n) is 3.96. The topological polar surface area (TPSA) is 41.3 Å². The lowest BCUT2D eigenvalue weighted by molar-refractivity contribution is 0.268. The van der Waals surface area contributed by atoms with Gasteiger partial charge in [-0.2, -0.15) is 0 Å². The Morgan fingerprint density at radius 1 is 1.24 bits per heavy atom. The molecule has 4 nitrogen and oxygen atoms in total. The predicted molar refractivity (Wildman–Crippen MR) is 82.6 cm³/mol. The molecule has 1 N–H and O–H groups in total. The molecule has 0 saturated heterocycles. The molecular weight excluding hydrogens is 262 g/mol. The van der Waals surface area contributed by atoms with E-state index in [0.717, 1.165) is 31.9 Å². The van der Waals surface area contributed by atoms with Crippen LogP contribution in [0.2, 0.25) is 0 Å². The highest BCUT2D eigenvalue weighted by Gasteiger charge is 2.21. The average Bonchev–Trinajstić information content (AvgIpc) is 3.25. The summed E-state index contributed by atoms with van der Waals surface area (Å²) in [5.74, 6) is 1.08. The van der Waals surface area contributed by atoms with E-state index >= 15 is 0 Å². The summed E-state index contributed by atoms with van der Waals surface area (Å²) >= 11 is 0. The van der Waals surface area contributed by atoms with Crippen molar-refractivity contribution in [3.05, 3.63) is 53.7 Å². The van der Waals surface area contributed by atoms with E-state index in [0.29, 0.717) is 6.04 Å². The van der Waals surface area contributed by atoms with Gasteiger partial charge in [0.05, 0.1) is 12.8 Å². The van der Waals surface area contributed by atoms with Gasteiger partial charge in [0.15, 0.2) is 0 Å². The maximum absolute atomic E-state index is 5.64. The molecule has 0 amide bonds. The second-order valence-electron chi connectivity index (χ2n) is 5.68. The summed E-state index contributed by atoms with van der Waals surface area (Å²) < 4.78 is 5.64. The lowest BCUT2D eigenvalue weighted by atomic mass is 10.2. The largest absolute Gasteiger partial charge is 0.468 e. The Hall–Kier alpha value is -1.65. The van der Waals surface area contributed by atoms with Crippen LogP contribution in [-0.4, -0.2) is 22.5 Å². The van der Waals surface area contributed by atoms with E-state index in [-0.39, 0.29) is 0 Å². The van der Waals surface area contributed by atoms with Crippen LogP contribution in [0.5, 0.6) is 0 Å². The second kappa shape index (κ2) is 6.87. The van der Waals surface area contributed by atoms with Crippen molar-refractivity contribution in [3.8, 4) is 0 Å². The van der Waals surface area contributed by atoms with Crippen LogP contribution in [0, 0.1) is 0 Å². The Bertz CT molecular complexity index is 548. The van der Waals surface area contributed by atoms with Crippen molar-refractivity contribution in [2.45, 2.75) is 45.4 Å². The third-order valence-corrected chi connectivity index (χ3v) is 3.96. The zero-order valence-electron chi connectivity index (χ0n) is 12.6. The fraction of sp³-hybridized carbons (Fsp3) is 0.471. The molecule has 1 fully saturated rings. The van der Waals surface area contributed by atoms with E-state index in [2.05, 4.69) is 40.3 Å². The Labute approximate surface area is 126 Å². The van der Waals surface area contributed by atoms with Crippen LogP contribution >= 0.6 is 0 Å². The van der Waals surface area contributed by atoms with Crippen LogP contribution in [-0.2, 0) is 19.6 Å². The zero-order valence-corrected chi connectivity index (χ0v) is 12.6. The first-order chi connectivity index (χ1) is 10.3. The molecule has 0 spiro atoms. The minimum atomic E-state index is 0.710. The summed E-state index contributed by atoms with van der Waals surface area (Å²) in [5, 5.41) is 3.52. The number of pyridine rings is 1. The van der Waals surface area contributed by atoms with Gasteiger partial charge in [-0.05, 0) is 43.1 Å². The maximum atomic E-state index is 5.64. The number of rotatable bonds is 8. The van der Waals surface area contributed by atoms with Gasteiger partial charge < -0.3 is 9.73 Å². The highest BCUT2D eigenvalue weighted by molar-refractivity contribution is 5.18. The van der Waals surface area contributed by atoms with Crippen molar-refractivity contribution >= 4 is 0 Å². The maximum Gasteiger partial charge on any atom is 0.122 e. The molecular formula is C17H23N3O. The Morgan fingerprint density at radius 2 is 2.05 bits per heavy atom. The van der Waals surface area contributed by atoms with E-state index in [9.17, 15) is 0 Å². The van der Waals surface area contributed by atoms with Gasteiger partial charge in [0.25, 0.3) is 0 Å². The van der Waals surface area contributed by atoms with Gasteiger partial charge in [-0.1, -0.05) is 6.92 Å². The first kappa shape index (κ1) is 14.3. The smallest absolute Gasteiger partial charge is 0.122 e. The highest BCUT2D eigenvalue weighted by Crippen LogP contribution is 2.21. The number of nitrogens with one attached hydrogen (secondary N) is 1. The predicted octanol–water partition coefficient (Wildman–Crippen LogP) is 2.95. The summed E-state index contributed by atoms with van der Waals surface area (Å²) in [4.78, 5) is 6.49. The lowest BCUT2D eigenvalue weighted by Crippen LogP contribution is -2.23. The quantitative estimate of drug-likeness (QED) is 0.809. The van der Waals surface area contributed by atoms with Gasteiger partial charge in [0.1, 0.15) is 5.76 Å². The van der Waals surface area contributed by atoms with Crippen molar-refractivity contribution in [1.29, 1.82) is 0 Å². The molecule has 0 bridgehead atoms. The van der Waals surface area contributed by atoms with Crippen LogP contribution in [0.4, 0.5) is 0 Å². The fourth-order valence-electron chi connectivity index (χ4n) is 2.45. The molecule has 0 aromatic carbocycles. The van der Waals surface area contributed by atoms with E-state index < -0.39 is 0 Å². The molecule has 1 aliphatic carbocycles. The minimum absolute atomic E-state index is 0.710. The molecule has 2 heterocycles. The fourth-order valence-corrected chi connectivity index (χ4v) is 2.45. The summed E-state index contributed by atoms with van der Waals surface area (Å²) in [6.45, 7) is 5.93. The standard InChI is InChI=1S/C17H23N3O/c1-2-20(12-14-5-8-18-9-6-14)13-15-7-10-21-17(15)11-19-16-3-4-16/h5-10,16,19H,2-4,11-13H2,1H3. The summed E-state index contributed by atoms with van der Waals surface area (Å²) in [7, 11) is 0. The van der Waals surface area contributed by atoms with Crippen LogP contribution in [0.3, 0.4) is 0 Å². The normalized spacial score (nSPS) is 14.8. The number of hydrogen-bond donors (Lipinski definition) is 1. The van der Waals surface area contributed by atoms with E-state index in [1.165, 1.54) is 24.0 Å². The molecule has 1 saturated carbocycles. The second-order valence-corrected chi connectivity index (χ2v) is 5.68. The van der Waals surface area contributed by atoms with Crippen molar-refractivity contribution in [2.24, 2.45) is 0 Å². The molecule has 0 unspecified atom stereocenters. The molecule has 1 aliphatic rings. The van der Waals surface area contributed by atoms with Crippen molar-refractivity contribution in [3.63, 3.8) is 0 Å². The Morgan fingerprint density at radius 3 is 2.76 bits per heavy atom. The minimum Gasteiger partial charge on any atom is -0.468 e. The molecule has 21 heavy (non-hydrogen) atoms. The molecule has 0 radical (unpaired) electrons.